The molecule has 0 aliphatic rings. The Morgan fingerprint density at radius 1 is 1.11 bits per heavy atom. The van der Waals surface area contributed by atoms with Gasteiger partial charge in [0.05, 0.1) is 36.3 Å². The molecule has 2 unspecified atom stereocenters. The minimum Gasteiger partial charge on any atom is -0.392 e. The number of sulfonamides is 1. The molecule has 2 atom stereocenters. The van der Waals surface area contributed by atoms with Gasteiger partial charge in [0.15, 0.2) is 0 Å². The van der Waals surface area contributed by atoms with Crippen LogP contribution in [0.1, 0.15) is 43.9 Å². The Labute approximate surface area is 206 Å². The van der Waals surface area contributed by atoms with Gasteiger partial charge in [0.25, 0.3) is 0 Å². The minimum absolute atomic E-state index is 0.0363. The van der Waals surface area contributed by atoms with Gasteiger partial charge in [-0.2, -0.15) is 0 Å². The van der Waals surface area contributed by atoms with Crippen LogP contribution >= 0.6 is 0 Å². The van der Waals surface area contributed by atoms with Gasteiger partial charge in [-0.15, -0.1) is 0 Å². The Morgan fingerprint density at radius 2 is 1.71 bits per heavy atom. The summed E-state index contributed by atoms with van der Waals surface area (Å²) in [6, 6.07) is 5.59. The first-order valence-electron chi connectivity index (χ1n) is 11.1. The van der Waals surface area contributed by atoms with E-state index in [1.807, 2.05) is 13.8 Å². The highest BCUT2D eigenvalue weighted by Gasteiger charge is 2.22. The lowest BCUT2D eigenvalue weighted by Gasteiger charge is -2.20. The molecular formula is C24H33FN4O5S. The number of benzene rings is 1. The third-order valence-corrected chi connectivity index (χ3v) is 6.47. The highest BCUT2D eigenvalue weighted by molar-refractivity contribution is 7.92. The molecule has 9 nitrogen and oxygen atoms in total. The third-order valence-electron chi connectivity index (χ3n) is 5.31. The fourth-order valence-corrected chi connectivity index (χ4v) is 3.61. The van der Waals surface area contributed by atoms with Crippen molar-refractivity contribution < 1.29 is 27.8 Å². The first-order chi connectivity index (χ1) is 16.2. The maximum absolute atomic E-state index is 13.6. The van der Waals surface area contributed by atoms with Crippen LogP contribution in [0.3, 0.4) is 0 Å². The van der Waals surface area contributed by atoms with Gasteiger partial charge in [0.2, 0.25) is 21.9 Å². The predicted octanol–water partition coefficient (Wildman–Crippen LogP) is 2.41. The Balaban J connectivity index is 2.53. The number of halogens is 1. The van der Waals surface area contributed by atoms with Crippen molar-refractivity contribution in [2.24, 2.45) is 0 Å². The normalized spacial score (nSPS) is 13.8. The lowest BCUT2D eigenvalue weighted by Crippen LogP contribution is -2.28. The number of hydrogen-bond acceptors (Lipinski definition) is 7. The van der Waals surface area contributed by atoms with Crippen molar-refractivity contribution in [2.45, 2.75) is 44.8 Å². The van der Waals surface area contributed by atoms with Crippen LogP contribution in [0.2, 0.25) is 0 Å². The molecule has 1 amide bonds. The first-order valence-corrected chi connectivity index (χ1v) is 12.9. The molecule has 0 radical (unpaired) electrons. The number of carbonyl (C=O) groups excluding carboxylic acids is 1. The van der Waals surface area contributed by atoms with E-state index in [9.17, 15) is 27.8 Å². The summed E-state index contributed by atoms with van der Waals surface area (Å²) in [5.41, 5.74) is 1.94. The monoisotopic (exact) mass is 508 g/mol. The zero-order valence-corrected chi connectivity index (χ0v) is 21.6. The van der Waals surface area contributed by atoms with E-state index in [1.165, 1.54) is 42.3 Å². The maximum atomic E-state index is 13.6. The number of hydrogen-bond donors (Lipinski definition) is 2. The van der Waals surface area contributed by atoms with Crippen molar-refractivity contribution in [3.05, 3.63) is 47.4 Å². The summed E-state index contributed by atoms with van der Waals surface area (Å²) < 4.78 is 38.8. The molecule has 192 valence electrons. The second-order valence-corrected chi connectivity index (χ2v) is 10.9. The fourth-order valence-electron chi connectivity index (χ4n) is 3.23. The van der Waals surface area contributed by atoms with E-state index in [0.717, 1.165) is 10.6 Å². The van der Waals surface area contributed by atoms with Crippen LogP contribution in [0.15, 0.2) is 30.3 Å². The quantitative estimate of drug-likeness (QED) is 0.505. The Morgan fingerprint density at radius 3 is 2.23 bits per heavy atom. The second-order valence-electron chi connectivity index (χ2n) is 8.87. The van der Waals surface area contributed by atoms with Crippen LogP contribution in [-0.2, 0) is 14.8 Å². The summed E-state index contributed by atoms with van der Waals surface area (Å²) in [5.74, 6) is -0.877. The average Bonchev–Trinajstić information content (AvgIpc) is 2.76. The van der Waals surface area contributed by atoms with E-state index in [2.05, 4.69) is 9.97 Å². The molecule has 1 aromatic heterocycles. The number of aromatic nitrogens is 2. The molecule has 0 bridgehead atoms. The molecule has 1 aromatic carbocycles. The van der Waals surface area contributed by atoms with E-state index in [-0.39, 0.29) is 30.6 Å². The molecule has 0 fully saturated rings. The van der Waals surface area contributed by atoms with Crippen LogP contribution in [0.5, 0.6) is 0 Å². The number of rotatable bonds is 10. The summed E-state index contributed by atoms with van der Waals surface area (Å²) in [7, 11) is 0.873. The molecule has 0 saturated carbocycles. The van der Waals surface area contributed by atoms with Gasteiger partial charge in [0.1, 0.15) is 5.82 Å². The van der Waals surface area contributed by atoms with E-state index >= 15 is 0 Å². The van der Waals surface area contributed by atoms with Crippen molar-refractivity contribution in [2.75, 3.05) is 31.7 Å². The van der Waals surface area contributed by atoms with Crippen LogP contribution in [-0.4, -0.2) is 79.0 Å². The molecule has 2 N–H and O–H groups in total. The van der Waals surface area contributed by atoms with E-state index in [0.29, 0.717) is 22.5 Å². The van der Waals surface area contributed by atoms with Gasteiger partial charge in [-0.3, -0.25) is 4.79 Å². The number of carbonyl (C=O) groups is 1. The van der Waals surface area contributed by atoms with Crippen molar-refractivity contribution in [1.29, 1.82) is 0 Å². The van der Waals surface area contributed by atoms with Crippen LogP contribution in [0, 0.1) is 5.82 Å². The molecule has 2 aromatic rings. The molecule has 0 spiro atoms. The topological polar surface area (TPSA) is 124 Å². The van der Waals surface area contributed by atoms with E-state index < -0.39 is 28.0 Å². The number of aliphatic hydroxyl groups is 2. The highest BCUT2D eigenvalue weighted by atomic mass is 32.2. The molecular weight excluding hydrogens is 475 g/mol. The lowest BCUT2D eigenvalue weighted by molar-refractivity contribution is -0.130. The maximum Gasteiger partial charge on any atom is 0.239 e. The van der Waals surface area contributed by atoms with E-state index in [4.69, 9.17) is 0 Å². The van der Waals surface area contributed by atoms with Gasteiger partial charge in [-0.05, 0) is 30.2 Å². The molecule has 2 rings (SSSR count). The molecule has 0 aliphatic carbocycles. The smallest absolute Gasteiger partial charge is 0.239 e. The standard InChI is InChI=1S/C24H33FN4O5S/c1-15(2)22-20(12-11-18(30)13-19(31)14-21(32)28(3)4)23(16-7-9-17(25)10-8-16)27-24(26-22)29(5)35(6,33)34/h7-12,15,18-19,30-31H,13-14H2,1-6H3/b12-11+. The van der Waals surface area contributed by atoms with Gasteiger partial charge in [-0.25, -0.2) is 27.1 Å². The van der Waals surface area contributed by atoms with Gasteiger partial charge < -0.3 is 15.1 Å². The average molecular weight is 509 g/mol. The molecule has 35 heavy (non-hydrogen) atoms. The summed E-state index contributed by atoms with van der Waals surface area (Å²) in [4.78, 5) is 22.1. The molecule has 0 aliphatic heterocycles. The summed E-state index contributed by atoms with van der Waals surface area (Å²) in [6.45, 7) is 3.76. The first kappa shape index (κ1) is 28.3. The summed E-state index contributed by atoms with van der Waals surface area (Å²) in [5, 5.41) is 20.6. The fraction of sp³-hybridized carbons (Fsp3) is 0.458. The number of aliphatic hydroxyl groups excluding tert-OH is 2. The predicted molar refractivity (Wildman–Crippen MR) is 134 cm³/mol. The van der Waals surface area contributed by atoms with Crippen LogP contribution in [0.25, 0.3) is 17.3 Å². The molecule has 0 saturated heterocycles. The Bertz CT molecular complexity index is 1170. The van der Waals surface area contributed by atoms with Crippen molar-refractivity contribution in [1.82, 2.24) is 14.9 Å². The number of nitrogens with zero attached hydrogens (tertiary/aromatic N) is 4. The number of anilines is 1. The van der Waals surface area contributed by atoms with Gasteiger partial charge in [-0.1, -0.05) is 26.0 Å². The largest absolute Gasteiger partial charge is 0.392 e. The van der Waals surface area contributed by atoms with Crippen molar-refractivity contribution in [3.63, 3.8) is 0 Å². The zero-order chi connectivity index (χ0) is 26.5. The molecule has 11 heteroatoms. The van der Waals surface area contributed by atoms with Crippen molar-refractivity contribution >= 4 is 28.0 Å². The summed E-state index contributed by atoms with van der Waals surface area (Å²) >= 11 is 0. The summed E-state index contributed by atoms with van der Waals surface area (Å²) in [6.07, 6.45) is 1.82. The lowest BCUT2D eigenvalue weighted by atomic mass is 9.97. The van der Waals surface area contributed by atoms with Gasteiger partial charge >= 0.3 is 0 Å². The van der Waals surface area contributed by atoms with E-state index in [1.54, 1.807) is 20.2 Å². The van der Waals surface area contributed by atoms with Crippen LogP contribution in [0.4, 0.5) is 10.3 Å². The minimum atomic E-state index is -3.64. The van der Waals surface area contributed by atoms with Gasteiger partial charge in [0, 0.05) is 38.7 Å². The Hall–Kier alpha value is -2.89. The number of amides is 1. The molecule has 1 heterocycles. The SMILES string of the molecule is CC(C)c1nc(N(C)S(C)(=O)=O)nc(-c2ccc(F)cc2)c1/C=C/C(O)CC(O)CC(=O)N(C)C. The zero-order valence-electron chi connectivity index (χ0n) is 20.8. The van der Waals surface area contributed by atoms with Crippen LogP contribution < -0.4 is 4.31 Å². The highest BCUT2D eigenvalue weighted by Crippen LogP contribution is 2.31. The Kier molecular flexibility index (Phi) is 9.47. The second kappa shape index (κ2) is 11.7. The third kappa shape index (κ3) is 7.81. The van der Waals surface area contributed by atoms with Crippen molar-refractivity contribution in [3.8, 4) is 11.3 Å².